The Morgan fingerprint density at radius 1 is 1.10 bits per heavy atom. The van der Waals surface area contributed by atoms with E-state index in [1.165, 1.54) is 26.0 Å². The van der Waals surface area contributed by atoms with Crippen LogP contribution in [0, 0.1) is 13.8 Å². The van der Waals surface area contributed by atoms with Gasteiger partial charge in [0, 0.05) is 11.1 Å². The van der Waals surface area contributed by atoms with E-state index in [1.807, 2.05) is 0 Å². The standard InChI is InChI=1S/C18H18F6N2O3S/c1-4-30(27,28)13-7-10(2)5-6-12(13)14-11(3)15(26-9-25-14)29-8-17(20,21)16(19)18(22,23)24/h5-7,9,16H,4,8H2,1-3H3. The van der Waals surface area contributed by atoms with Gasteiger partial charge in [-0.2, -0.15) is 22.0 Å². The second kappa shape index (κ2) is 8.40. The Bertz CT molecular complexity index is 1030. The predicted molar refractivity (Wildman–Crippen MR) is 96.1 cm³/mol. The summed E-state index contributed by atoms with van der Waals surface area (Å²) in [4.78, 5) is 7.52. The molecule has 0 aliphatic carbocycles. The number of hydrogen-bond acceptors (Lipinski definition) is 5. The molecule has 1 aromatic carbocycles. The van der Waals surface area contributed by atoms with Crippen LogP contribution in [-0.4, -0.2) is 49.0 Å². The first-order valence-electron chi connectivity index (χ1n) is 8.57. The number of alkyl halides is 6. The van der Waals surface area contributed by atoms with Crippen LogP contribution in [0.5, 0.6) is 5.88 Å². The molecule has 0 aliphatic heterocycles. The molecule has 0 fully saturated rings. The van der Waals surface area contributed by atoms with Gasteiger partial charge in [0.15, 0.2) is 16.4 Å². The Labute approximate surface area is 169 Å². The number of rotatable bonds is 7. The van der Waals surface area contributed by atoms with Crippen LogP contribution in [0.4, 0.5) is 26.3 Å². The monoisotopic (exact) mass is 456 g/mol. The van der Waals surface area contributed by atoms with E-state index in [4.69, 9.17) is 0 Å². The molecule has 1 unspecified atom stereocenters. The number of benzene rings is 1. The molecule has 1 atom stereocenters. The highest BCUT2D eigenvalue weighted by molar-refractivity contribution is 7.91. The van der Waals surface area contributed by atoms with Gasteiger partial charge in [0.1, 0.15) is 6.33 Å². The summed E-state index contributed by atoms with van der Waals surface area (Å²) >= 11 is 0. The van der Waals surface area contributed by atoms with E-state index in [1.54, 1.807) is 13.0 Å². The molecular weight excluding hydrogens is 438 g/mol. The maximum Gasteiger partial charge on any atom is 0.425 e. The largest absolute Gasteiger partial charge is 0.471 e. The van der Waals surface area contributed by atoms with Crippen molar-refractivity contribution in [3.8, 4) is 17.1 Å². The second-order valence-corrected chi connectivity index (χ2v) is 8.76. The summed E-state index contributed by atoms with van der Waals surface area (Å²) < 4.78 is 106. The molecule has 0 bridgehead atoms. The van der Waals surface area contributed by atoms with Gasteiger partial charge in [-0.05, 0) is 25.5 Å². The average Bonchev–Trinajstić information content (AvgIpc) is 2.66. The predicted octanol–water partition coefficient (Wildman–Crippen LogP) is 4.47. The lowest BCUT2D eigenvalue weighted by molar-refractivity contribution is -0.250. The number of nitrogens with zero attached hydrogens (tertiary/aromatic N) is 2. The summed E-state index contributed by atoms with van der Waals surface area (Å²) in [5, 5.41) is 0. The normalized spacial score (nSPS) is 13.9. The molecule has 2 aromatic rings. The number of halogens is 6. The molecular formula is C18H18F6N2O3S. The minimum atomic E-state index is -5.76. The quantitative estimate of drug-likeness (QED) is 0.575. The van der Waals surface area contributed by atoms with Crippen LogP contribution in [0.15, 0.2) is 29.4 Å². The van der Waals surface area contributed by atoms with Crippen LogP contribution in [0.1, 0.15) is 18.1 Å². The molecule has 0 N–H and O–H groups in total. The van der Waals surface area contributed by atoms with Gasteiger partial charge in [0.25, 0.3) is 6.17 Å². The van der Waals surface area contributed by atoms with Crippen LogP contribution in [0.2, 0.25) is 0 Å². The molecule has 12 heteroatoms. The van der Waals surface area contributed by atoms with Crippen molar-refractivity contribution in [3.63, 3.8) is 0 Å². The van der Waals surface area contributed by atoms with Crippen LogP contribution < -0.4 is 4.74 Å². The minimum absolute atomic E-state index is 0.00660. The summed E-state index contributed by atoms with van der Waals surface area (Å²) in [7, 11) is -3.69. The van der Waals surface area contributed by atoms with Gasteiger partial charge >= 0.3 is 12.1 Å². The second-order valence-electron chi connectivity index (χ2n) is 6.51. The lowest BCUT2D eigenvalue weighted by Gasteiger charge is -2.23. The van der Waals surface area contributed by atoms with Gasteiger partial charge < -0.3 is 4.74 Å². The van der Waals surface area contributed by atoms with Crippen molar-refractivity contribution in [1.29, 1.82) is 0 Å². The van der Waals surface area contributed by atoms with Crippen molar-refractivity contribution >= 4 is 9.84 Å². The zero-order valence-electron chi connectivity index (χ0n) is 16.1. The Morgan fingerprint density at radius 3 is 2.30 bits per heavy atom. The fraction of sp³-hybridized carbons (Fsp3) is 0.444. The molecule has 30 heavy (non-hydrogen) atoms. The Hall–Kier alpha value is -2.37. The molecule has 0 saturated heterocycles. The van der Waals surface area contributed by atoms with Gasteiger partial charge in [-0.15, -0.1) is 0 Å². The molecule has 0 saturated carbocycles. The number of aromatic nitrogens is 2. The maximum absolute atomic E-state index is 13.5. The van der Waals surface area contributed by atoms with Gasteiger partial charge in [-0.1, -0.05) is 19.1 Å². The molecule has 2 rings (SSSR count). The Kier molecular flexibility index (Phi) is 6.69. The van der Waals surface area contributed by atoms with Crippen LogP contribution >= 0.6 is 0 Å². The maximum atomic E-state index is 13.5. The number of hydrogen-bond donors (Lipinski definition) is 0. The molecule has 166 valence electrons. The Balaban J connectivity index is 2.44. The van der Waals surface area contributed by atoms with E-state index in [0.717, 1.165) is 6.33 Å². The third kappa shape index (κ3) is 5.02. The fourth-order valence-corrected chi connectivity index (χ4v) is 3.74. The molecule has 1 heterocycles. The van der Waals surface area contributed by atoms with Crippen molar-refractivity contribution in [2.45, 2.75) is 43.9 Å². The van der Waals surface area contributed by atoms with Gasteiger partial charge in [0.05, 0.1) is 16.3 Å². The number of sulfone groups is 1. The van der Waals surface area contributed by atoms with Gasteiger partial charge in [-0.3, -0.25) is 0 Å². The highest BCUT2D eigenvalue weighted by Gasteiger charge is 2.57. The average molecular weight is 456 g/mol. The van der Waals surface area contributed by atoms with Crippen LogP contribution in [0.25, 0.3) is 11.3 Å². The van der Waals surface area contributed by atoms with E-state index in [9.17, 15) is 34.8 Å². The van der Waals surface area contributed by atoms with Crippen molar-refractivity contribution in [3.05, 3.63) is 35.7 Å². The SMILES string of the molecule is CCS(=O)(=O)c1cc(C)ccc1-c1ncnc(OCC(F)(F)C(F)C(F)(F)F)c1C. The summed E-state index contributed by atoms with van der Waals surface area (Å²) in [5.74, 6) is -5.58. The third-order valence-electron chi connectivity index (χ3n) is 4.20. The molecule has 0 amide bonds. The fourth-order valence-electron chi connectivity index (χ4n) is 2.57. The molecule has 0 aliphatic rings. The van der Waals surface area contributed by atoms with Crippen molar-refractivity contribution < 1.29 is 39.5 Å². The minimum Gasteiger partial charge on any atom is -0.471 e. The molecule has 5 nitrogen and oxygen atoms in total. The first kappa shape index (κ1) is 23.9. The summed E-state index contributed by atoms with van der Waals surface area (Å²) in [6, 6.07) is 4.49. The smallest absolute Gasteiger partial charge is 0.425 e. The van der Waals surface area contributed by atoms with E-state index in [0.29, 0.717) is 5.56 Å². The van der Waals surface area contributed by atoms with E-state index in [-0.39, 0.29) is 27.5 Å². The molecule has 0 spiro atoms. The highest BCUT2D eigenvalue weighted by atomic mass is 32.2. The van der Waals surface area contributed by atoms with Crippen molar-refractivity contribution in [2.75, 3.05) is 12.4 Å². The number of aryl methyl sites for hydroxylation is 1. The van der Waals surface area contributed by atoms with E-state index in [2.05, 4.69) is 14.7 Å². The zero-order chi connectivity index (χ0) is 22.9. The first-order valence-corrected chi connectivity index (χ1v) is 10.2. The summed E-state index contributed by atoms with van der Waals surface area (Å²) in [6.07, 6.45) is -9.29. The lowest BCUT2D eigenvalue weighted by atomic mass is 10.1. The number of ether oxygens (including phenoxy) is 1. The van der Waals surface area contributed by atoms with Crippen LogP contribution in [-0.2, 0) is 9.84 Å². The van der Waals surface area contributed by atoms with Crippen molar-refractivity contribution in [1.82, 2.24) is 9.97 Å². The topological polar surface area (TPSA) is 69.2 Å². The van der Waals surface area contributed by atoms with E-state index >= 15 is 0 Å². The zero-order valence-corrected chi connectivity index (χ0v) is 16.9. The van der Waals surface area contributed by atoms with Gasteiger partial charge in [-0.25, -0.2) is 22.8 Å². The lowest BCUT2D eigenvalue weighted by Crippen LogP contribution is -2.45. The van der Waals surface area contributed by atoms with E-state index < -0.39 is 40.6 Å². The summed E-state index contributed by atoms with van der Waals surface area (Å²) in [5.41, 5.74) is 0.836. The molecule has 1 aromatic heterocycles. The summed E-state index contributed by atoms with van der Waals surface area (Å²) in [6.45, 7) is 2.52. The highest BCUT2D eigenvalue weighted by Crippen LogP contribution is 2.36. The van der Waals surface area contributed by atoms with Gasteiger partial charge in [0.2, 0.25) is 5.88 Å². The Morgan fingerprint density at radius 2 is 1.73 bits per heavy atom. The van der Waals surface area contributed by atoms with Crippen molar-refractivity contribution in [2.24, 2.45) is 0 Å². The van der Waals surface area contributed by atoms with Crippen LogP contribution in [0.3, 0.4) is 0 Å². The first-order chi connectivity index (χ1) is 13.7. The third-order valence-corrected chi connectivity index (χ3v) is 5.97. The molecule has 0 radical (unpaired) electrons.